The average Bonchev–Trinajstić information content (AvgIpc) is 3.09. The number of aryl methyl sites for hydroxylation is 1. The number of H-pyrrole nitrogens is 1. The maximum absolute atomic E-state index is 13.0. The Labute approximate surface area is 182 Å². The van der Waals surface area contributed by atoms with Crippen LogP contribution in [-0.4, -0.2) is 48.7 Å². The number of sulfonamides is 1. The number of hydrogen-bond acceptors (Lipinski definition) is 5. The van der Waals surface area contributed by atoms with Crippen LogP contribution in [0.15, 0.2) is 53.4 Å². The first kappa shape index (κ1) is 22.7. The minimum absolute atomic E-state index is 0.103. The van der Waals surface area contributed by atoms with Gasteiger partial charge in [-0.3, -0.25) is 4.79 Å². The van der Waals surface area contributed by atoms with Gasteiger partial charge in [-0.25, -0.2) is 13.2 Å². The fourth-order valence-electron chi connectivity index (χ4n) is 3.56. The van der Waals surface area contributed by atoms with E-state index in [2.05, 4.69) is 4.98 Å². The van der Waals surface area contributed by atoms with Crippen LogP contribution in [0.25, 0.3) is 10.9 Å². The Morgan fingerprint density at radius 1 is 1.03 bits per heavy atom. The number of esters is 1. The van der Waals surface area contributed by atoms with Gasteiger partial charge >= 0.3 is 5.97 Å². The lowest BCUT2D eigenvalue weighted by molar-refractivity contribution is 0.0319. The highest BCUT2D eigenvalue weighted by atomic mass is 32.2. The maximum Gasteiger partial charge on any atom is 0.338 e. The van der Waals surface area contributed by atoms with Crippen molar-refractivity contribution in [3.05, 3.63) is 65.4 Å². The molecule has 1 aromatic heterocycles. The van der Waals surface area contributed by atoms with Gasteiger partial charge in [0.15, 0.2) is 6.10 Å². The van der Waals surface area contributed by atoms with Gasteiger partial charge in [-0.1, -0.05) is 32.0 Å². The number of carbonyl (C=O) groups is 2. The van der Waals surface area contributed by atoms with Crippen molar-refractivity contribution in [3.63, 3.8) is 0 Å². The number of Topliss-reactive ketones (excluding diaryl/α,β-unsaturated/α-hetero) is 1. The van der Waals surface area contributed by atoms with Gasteiger partial charge in [0.05, 0.1) is 10.5 Å². The molecular formula is C23H26N2O5S. The zero-order valence-electron chi connectivity index (χ0n) is 18.0. The van der Waals surface area contributed by atoms with Gasteiger partial charge in [0.1, 0.15) is 0 Å². The minimum atomic E-state index is -3.61. The Morgan fingerprint density at radius 2 is 1.65 bits per heavy atom. The lowest BCUT2D eigenvalue weighted by Gasteiger charge is -2.18. The first-order chi connectivity index (χ1) is 14.7. The van der Waals surface area contributed by atoms with Gasteiger partial charge in [-0.15, -0.1) is 0 Å². The van der Waals surface area contributed by atoms with E-state index >= 15 is 0 Å². The zero-order valence-corrected chi connectivity index (χ0v) is 18.8. The summed E-state index contributed by atoms with van der Waals surface area (Å²) in [5.74, 6) is -0.992. The quantitative estimate of drug-likeness (QED) is 0.421. The number of nitrogens with one attached hydrogen (secondary N) is 1. The van der Waals surface area contributed by atoms with Gasteiger partial charge < -0.3 is 9.72 Å². The number of aromatic nitrogens is 1. The lowest BCUT2D eigenvalue weighted by atomic mass is 10.0. The van der Waals surface area contributed by atoms with Crippen molar-refractivity contribution in [1.29, 1.82) is 0 Å². The maximum atomic E-state index is 13.0. The van der Waals surface area contributed by atoms with Crippen molar-refractivity contribution in [2.75, 3.05) is 13.1 Å². The number of carbonyl (C=O) groups excluding carboxylic acids is 2. The van der Waals surface area contributed by atoms with E-state index in [0.29, 0.717) is 24.3 Å². The molecule has 3 rings (SSSR count). The number of aromatic amines is 1. The van der Waals surface area contributed by atoms with Crippen LogP contribution in [0.5, 0.6) is 0 Å². The number of hydrogen-bond donors (Lipinski definition) is 1. The Kier molecular flexibility index (Phi) is 6.62. The molecule has 164 valence electrons. The highest BCUT2D eigenvalue weighted by molar-refractivity contribution is 7.89. The molecule has 0 aliphatic heterocycles. The summed E-state index contributed by atoms with van der Waals surface area (Å²) in [7, 11) is -3.61. The number of ketones is 1. The molecule has 1 heterocycles. The molecule has 7 nitrogen and oxygen atoms in total. The predicted molar refractivity (Wildman–Crippen MR) is 119 cm³/mol. The summed E-state index contributed by atoms with van der Waals surface area (Å²) < 4.78 is 31.9. The van der Waals surface area contributed by atoms with Gasteiger partial charge in [0.25, 0.3) is 0 Å². The molecule has 2 aromatic carbocycles. The van der Waals surface area contributed by atoms with Crippen LogP contribution in [0.4, 0.5) is 0 Å². The minimum Gasteiger partial charge on any atom is -0.451 e. The van der Waals surface area contributed by atoms with Crippen molar-refractivity contribution in [3.8, 4) is 0 Å². The van der Waals surface area contributed by atoms with Gasteiger partial charge in [0, 0.05) is 35.2 Å². The van der Waals surface area contributed by atoms with Crippen LogP contribution in [0.1, 0.15) is 47.2 Å². The summed E-state index contributed by atoms with van der Waals surface area (Å²) in [6, 6.07) is 13.0. The second-order valence-corrected chi connectivity index (χ2v) is 9.13. The average molecular weight is 443 g/mol. The molecule has 1 atom stereocenters. The molecule has 3 aromatic rings. The van der Waals surface area contributed by atoms with E-state index in [1.54, 1.807) is 20.8 Å². The second-order valence-electron chi connectivity index (χ2n) is 7.20. The van der Waals surface area contributed by atoms with Crippen LogP contribution < -0.4 is 0 Å². The molecule has 0 saturated carbocycles. The van der Waals surface area contributed by atoms with Crippen molar-refractivity contribution >= 4 is 32.7 Å². The fraction of sp³-hybridized carbons (Fsp3) is 0.304. The highest BCUT2D eigenvalue weighted by Crippen LogP contribution is 2.24. The van der Waals surface area contributed by atoms with Gasteiger partial charge in [-0.2, -0.15) is 4.31 Å². The first-order valence-electron chi connectivity index (χ1n) is 10.1. The van der Waals surface area contributed by atoms with Crippen LogP contribution in [0.3, 0.4) is 0 Å². The van der Waals surface area contributed by atoms with Crippen molar-refractivity contribution < 1.29 is 22.7 Å². The van der Waals surface area contributed by atoms with E-state index in [1.807, 2.05) is 24.3 Å². The topological polar surface area (TPSA) is 96.5 Å². The van der Waals surface area contributed by atoms with E-state index in [4.69, 9.17) is 4.74 Å². The summed E-state index contributed by atoms with van der Waals surface area (Å²) >= 11 is 0. The van der Waals surface area contributed by atoms with Crippen molar-refractivity contribution in [1.82, 2.24) is 9.29 Å². The van der Waals surface area contributed by atoms with E-state index in [-0.39, 0.29) is 16.2 Å². The Hall–Kier alpha value is -2.97. The Balaban J connectivity index is 1.77. The molecule has 0 bridgehead atoms. The SMILES string of the molecule is CCN(CC)S(=O)(=O)c1ccc(C(=O)OC(C)C(=O)c2c(C)[nH]c3ccccc23)cc1. The highest BCUT2D eigenvalue weighted by Gasteiger charge is 2.26. The number of nitrogens with zero attached hydrogens (tertiary/aromatic N) is 1. The molecule has 0 fully saturated rings. The molecule has 31 heavy (non-hydrogen) atoms. The standard InChI is InChI=1S/C23H26N2O5S/c1-5-25(6-2)31(28,29)18-13-11-17(12-14-18)23(27)30-16(4)22(26)21-15(3)24-20-10-8-7-9-19(20)21/h7-14,16,24H,5-6H2,1-4H3. The summed E-state index contributed by atoms with van der Waals surface area (Å²) in [5.41, 5.74) is 2.22. The molecule has 1 unspecified atom stereocenters. The number of ether oxygens (including phenoxy) is 1. The summed E-state index contributed by atoms with van der Waals surface area (Å²) in [6.07, 6.45) is -0.996. The number of rotatable bonds is 8. The van der Waals surface area contributed by atoms with E-state index < -0.39 is 22.1 Å². The first-order valence-corrected chi connectivity index (χ1v) is 11.6. The van der Waals surface area contributed by atoms with Crippen molar-refractivity contribution in [2.45, 2.75) is 38.7 Å². The van der Waals surface area contributed by atoms with E-state index in [0.717, 1.165) is 10.9 Å². The summed E-state index contributed by atoms with van der Waals surface area (Å²) in [4.78, 5) is 28.8. The largest absolute Gasteiger partial charge is 0.451 e. The summed E-state index contributed by atoms with van der Waals surface area (Å²) in [6.45, 7) is 7.57. The summed E-state index contributed by atoms with van der Waals surface area (Å²) in [5, 5.41) is 0.777. The predicted octanol–water partition coefficient (Wildman–Crippen LogP) is 3.94. The third-order valence-corrected chi connectivity index (χ3v) is 7.29. The van der Waals surface area contributed by atoms with Gasteiger partial charge in [0.2, 0.25) is 15.8 Å². The molecule has 0 spiro atoms. The molecule has 0 aliphatic rings. The normalized spacial score (nSPS) is 12.8. The molecule has 0 saturated heterocycles. The van der Waals surface area contributed by atoms with E-state index in [9.17, 15) is 18.0 Å². The van der Waals surface area contributed by atoms with Gasteiger partial charge in [-0.05, 0) is 44.2 Å². The monoisotopic (exact) mass is 442 g/mol. The third-order valence-electron chi connectivity index (χ3n) is 5.23. The Bertz CT molecular complexity index is 1210. The van der Waals surface area contributed by atoms with E-state index in [1.165, 1.54) is 35.5 Å². The zero-order chi connectivity index (χ0) is 22.8. The fourth-order valence-corrected chi connectivity index (χ4v) is 5.01. The van der Waals surface area contributed by atoms with Crippen LogP contribution in [0, 0.1) is 6.92 Å². The Morgan fingerprint density at radius 3 is 2.26 bits per heavy atom. The number of para-hydroxylation sites is 1. The lowest BCUT2D eigenvalue weighted by Crippen LogP contribution is -2.30. The molecular weight excluding hydrogens is 416 g/mol. The van der Waals surface area contributed by atoms with Crippen LogP contribution >= 0.6 is 0 Å². The number of fused-ring (bicyclic) bond motifs is 1. The second kappa shape index (κ2) is 9.03. The van der Waals surface area contributed by atoms with Crippen molar-refractivity contribution in [2.24, 2.45) is 0 Å². The molecule has 0 amide bonds. The third kappa shape index (κ3) is 4.40. The molecule has 1 N–H and O–H groups in total. The molecule has 0 radical (unpaired) electrons. The molecule has 0 aliphatic carbocycles. The smallest absolute Gasteiger partial charge is 0.338 e. The molecule has 8 heteroatoms. The van der Waals surface area contributed by atoms with Crippen LogP contribution in [0.2, 0.25) is 0 Å². The van der Waals surface area contributed by atoms with Crippen LogP contribution in [-0.2, 0) is 14.8 Å². The number of benzene rings is 2.